The lowest BCUT2D eigenvalue weighted by Crippen LogP contribution is -2.42. The van der Waals surface area contributed by atoms with Crippen molar-refractivity contribution in [3.63, 3.8) is 0 Å². The topological polar surface area (TPSA) is 51.2 Å². The van der Waals surface area contributed by atoms with E-state index in [9.17, 15) is 14.4 Å². The van der Waals surface area contributed by atoms with Crippen LogP contribution < -0.4 is 0 Å². The van der Waals surface area contributed by atoms with E-state index in [-0.39, 0.29) is 11.7 Å². The normalized spacial score (nSPS) is 40.4. The lowest BCUT2D eigenvalue weighted by atomic mass is 9.58. The van der Waals surface area contributed by atoms with E-state index < -0.39 is 0 Å². The Morgan fingerprint density at radius 3 is 2.60 bits per heavy atom. The summed E-state index contributed by atoms with van der Waals surface area (Å²) < 4.78 is 0. The van der Waals surface area contributed by atoms with Gasteiger partial charge < -0.3 is 4.79 Å². The molecule has 3 rings (SSSR count). The van der Waals surface area contributed by atoms with E-state index in [1.807, 2.05) is 0 Å². The largest absolute Gasteiger partial charge is 0.300 e. The Balaban J connectivity index is 1.74. The predicted octanol–water partition coefficient (Wildman–Crippen LogP) is 2.96. The van der Waals surface area contributed by atoms with Crippen LogP contribution in [0.2, 0.25) is 0 Å². The van der Waals surface area contributed by atoms with Crippen LogP contribution in [0, 0.1) is 29.6 Å². The first kappa shape index (κ1) is 14.0. The molecule has 0 radical (unpaired) electrons. The monoisotopic (exact) mass is 276 g/mol. The predicted molar refractivity (Wildman–Crippen MR) is 75.1 cm³/mol. The van der Waals surface area contributed by atoms with E-state index in [4.69, 9.17) is 0 Å². The van der Waals surface area contributed by atoms with Crippen LogP contribution in [-0.2, 0) is 14.4 Å². The third-order valence-corrected chi connectivity index (χ3v) is 5.99. The molecular weight excluding hydrogens is 252 g/mol. The lowest BCUT2D eigenvalue weighted by molar-refractivity contribution is -0.132. The van der Waals surface area contributed by atoms with E-state index in [1.54, 1.807) is 6.92 Å². The zero-order valence-electron chi connectivity index (χ0n) is 12.3. The van der Waals surface area contributed by atoms with Crippen LogP contribution in [0.25, 0.3) is 0 Å². The van der Waals surface area contributed by atoms with Gasteiger partial charge in [0.1, 0.15) is 17.3 Å². The van der Waals surface area contributed by atoms with Crippen molar-refractivity contribution >= 4 is 17.3 Å². The number of carbonyl (C=O) groups excluding carboxylic acids is 3. The van der Waals surface area contributed by atoms with Crippen LogP contribution in [-0.4, -0.2) is 17.3 Å². The zero-order chi connectivity index (χ0) is 14.3. The van der Waals surface area contributed by atoms with Crippen molar-refractivity contribution in [3.8, 4) is 0 Å². The molecule has 3 aliphatic rings. The Morgan fingerprint density at radius 1 is 1.05 bits per heavy atom. The molecular formula is C17H24O3. The maximum Gasteiger partial charge on any atom is 0.136 e. The van der Waals surface area contributed by atoms with Gasteiger partial charge in [0.2, 0.25) is 0 Å². The van der Waals surface area contributed by atoms with Gasteiger partial charge >= 0.3 is 0 Å². The summed E-state index contributed by atoms with van der Waals surface area (Å²) in [4.78, 5) is 35.2. The van der Waals surface area contributed by atoms with Gasteiger partial charge in [-0.15, -0.1) is 0 Å². The fourth-order valence-electron chi connectivity index (χ4n) is 5.11. The first-order valence-corrected chi connectivity index (χ1v) is 8.10. The molecule has 3 saturated carbocycles. The van der Waals surface area contributed by atoms with Gasteiger partial charge in [-0.2, -0.15) is 0 Å². The molecule has 0 heterocycles. The molecule has 0 bridgehead atoms. The fraction of sp³-hybridized carbons (Fsp3) is 0.824. The van der Waals surface area contributed by atoms with Crippen LogP contribution in [0.4, 0.5) is 0 Å². The second-order valence-electron chi connectivity index (χ2n) is 7.13. The number of hydrogen-bond acceptors (Lipinski definition) is 3. The van der Waals surface area contributed by atoms with Crippen molar-refractivity contribution < 1.29 is 14.4 Å². The molecule has 0 aromatic rings. The molecule has 0 aliphatic heterocycles. The molecule has 0 N–H and O–H groups in total. The average molecular weight is 276 g/mol. The molecule has 3 aliphatic carbocycles. The highest BCUT2D eigenvalue weighted by Crippen LogP contribution is 2.53. The minimum absolute atomic E-state index is 0.0919. The van der Waals surface area contributed by atoms with Crippen molar-refractivity contribution in [2.45, 2.75) is 58.3 Å². The molecule has 0 aromatic carbocycles. The summed E-state index contributed by atoms with van der Waals surface area (Å²) in [7, 11) is 0. The Labute approximate surface area is 120 Å². The van der Waals surface area contributed by atoms with Crippen LogP contribution in [0.3, 0.4) is 0 Å². The summed E-state index contributed by atoms with van der Waals surface area (Å²) in [5, 5.41) is 0. The number of hydrogen-bond donors (Lipinski definition) is 0. The van der Waals surface area contributed by atoms with Crippen molar-refractivity contribution in [2.24, 2.45) is 29.6 Å². The summed E-state index contributed by atoms with van der Waals surface area (Å²) in [6.45, 7) is 1.61. The number of carbonyl (C=O) groups is 3. The van der Waals surface area contributed by atoms with E-state index in [2.05, 4.69) is 0 Å². The third-order valence-electron chi connectivity index (χ3n) is 5.99. The summed E-state index contributed by atoms with van der Waals surface area (Å²) in [5.74, 6) is 3.21. The lowest BCUT2D eigenvalue weighted by Gasteiger charge is -2.46. The summed E-state index contributed by atoms with van der Waals surface area (Å²) in [5.41, 5.74) is 0. The van der Waals surface area contributed by atoms with Gasteiger partial charge in [-0.3, -0.25) is 9.59 Å². The van der Waals surface area contributed by atoms with E-state index in [1.165, 1.54) is 0 Å². The highest BCUT2D eigenvalue weighted by molar-refractivity contribution is 5.84. The second kappa shape index (κ2) is 5.42. The highest BCUT2D eigenvalue weighted by atomic mass is 16.1. The number of rotatable bonds is 3. The molecule has 0 spiro atoms. The van der Waals surface area contributed by atoms with Gasteiger partial charge in [0, 0.05) is 31.6 Å². The SMILES string of the molecule is CC(=O)CCC1C(=O)CCC2C1CCC1CC(=O)C[C@@H]12. The molecule has 5 atom stereocenters. The van der Waals surface area contributed by atoms with Gasteiger partial charge in [0.25, 0.3) is 0 Å². The average Bonchev–Trinajstić information content (AvgIpc) is 2.77. The van der Waals surface area contributed by atoms with Crippen molar-refractivity contribution in [1.82, 2.24) is 0 Å². The maximum absolute atomic E-state index is 12.2. The highest BCUT2D eigenvalue weighted by Gasteiger charge is 2.49. The quantitative estimate of drug-likeness (QED) is 0.796. The summed E-state index contributed by atoms with van der Waals surface area (Å²) in [6.07, 6.45) is 6.65. The molecule has 0 amide bonds. The van der Waals surface area contributed by atoms with Crippen molar-refractivity contribution in [1.29, 1.82) is 0 Å². The molecule has 110 valence electrons. The van der Waals surface area contributed by atoms with Gasteiger partial charge in [-0.1, -0.05) is 0 Å². The standard InChI is InChI=1S/C17H24O3/c1-10(18)2-4-15-13-5-3-11-8-12(19)9-16(11)14(13)6-7-17(15)20/h11,13-16H,2-9H2,1H3/t11?,13?,14?,15?,16-/m0/s1. The molecule has 4 unspecified atom stereocenters. The van der Waals surface area contributed by atoms with Crippen LogP contribution in [0.5, 0.6) is 0 Å². The van der Waals surface area contributed by atoms with Gasteiger partial charge in [0.15, 0.2) is 0 Å². The molecule has 3 heteroatoms. The Morgan fingerprint density at radius 2 is 1.85 bits per heavy atom. The van der Waals surface area contributed by atoms with Crippen LogP contribution in [0.1, 0.15) is 58.3 Å². The van der Waals surface area contributed by atoms with Crippen molar-refractivity contribution in [2.75, 3.05) is 0 Å². The van der Waals surface area contributed by atoms with Crippen molar-refractivity contribution in [3.05, 3.63) is 0 Å². The fourth-order valence-corrected chi connectivity index (χ4v) is 5.11. The summed E-state index contributed by atoms with van der Waals surface area (Å²) in [6, 6.07) is 0. The minimum atomic E-state index is 0.0919. The maximum atomic E-state index is 12.2. The number of fused-ring (bicyclic) bond motifs is 3. The van der Waals surface area contributed by atoms with E-state index in [0.29, 0.717) is 48.1 Å². The second-order valence-corrected chi connectivity index (χ2v) is 7.13. The molecule has 0 saturated heterocycles. The van der Waals surface area contributed by atoms with Crippen LogP contribution >= 0.6 is 0 Å². The third kappa shape index (κ3) is 2.47. The van der Waals surface area contributed by atoms with E-state index in [0.717, 1.165) is 38.5 Å². The molecule has 3 fully saturated rings. The van der Waals surface area contributed by atoms with Gasteiger partial charge in [-0.25, -0.2) is 0 Å². The minimum Gasteiger partial charge on any atom is -0.300 e. The molecule has 20 heavy (non-hydrogen) atoms. The number of ketones is 3. The molecule has 0 aromatic heterocycles. The smallest absolute Gasteiger partial charge is 0.136 e. The van der Waals surface area contributed by atoms with Gasteiger partial charge in [0.05, 0.1) is 0 Å². The van der Waals surface area contributed by atoms with Crippen LogP contribution in [0.15, 0.2) is 0 Å². The Hall–Kier alpha value is -0.990. The first-order chi connectivity index (χ1) is 9.56. The first-order valence-electron chi connectivity index (χ1n) is 8.10. The molecule has 3 nitrogen and oxygen atoms in total. The van der Waals surface area contributed by atoms with E-state index >= 15 is 0 Å². The Kier molecular flexibility index (Phi) is 3.78. The Bertz CT molecular complexity index is 440. The summed E-state index contributed by atoms with van der Waals surface area (Å²) >= 11 is 0. The zero-order valence-corrected chi connectivity index (χ0v) is 12.3. The number of Topliss-reactive ketones (excluding diaryl/α,β-unsaturated/α-hetero) is 3. The van der Waals surface area contributed by atoms with Gasteiger partial charge in [-0.05, 0) is 56.3 Å².